The number of hydrazine groups is 1. The highest BCUT2D eigenvalue weighted by atomic mass is 79.9. The van der Waals surface area contributed by atoms with Crippen molar-refractivity contribution in [1.29, 1.82) is 5.26 Å². The summed E-state index contributed by atoms with van der Waals surface area (Å²) in [4.78, 5) is 16.1. The molecule has 2 rings (SSSR count). The molecule has 0 saturated heterocycles. The lowest BCUT2D eigenvalue weighted by molar-refractivity contribution is 0.102. The van der Waals surface area contributed by atoms with Gasteiger partial charge in [-0.2, -0.15) is 5.26 Å². The van der Waals surface area contributed by atoms with Gasteiger partial charge in [0.1, 0.15) is 5.82 Å². The van der Waals surface area contributed by atoms with Gasteiger partial charge in [0, 0.05) is 10.7 Å². The number of nitrogen functional groups attached to an aromatic ring is 1. The van der Waals surface area contributed by atoms with Gasteiger partial charge >= 0.3 is 0 Å². The Hall–Kier alpha value is -2.50. The molecular weight excluding hydrogens is 341 g/mol. The molecule has 0 radical (unpaired) electrons. The summed E-state index contributed by atoms with van der Waals surface area (Å²) >= 11 is 3.19. The summed E-state index contributed by atoms with van der Waals surface area (Å²) in [7, 11) is 0. The molecule has 21 heavy (non-hydrogen) atoms. The summed E-state index contributed by atoms with van der Waals surface area (Å²) in [5.41, 5.74) is 2.57. The third kappa shape index (κ3) is 3.34. The van der Waals surface area contributed by atoms with Gasteiger partial charge < -0.3 is 10.7 Å². The van der Waals surface area contributed by atoms with Gasteiger partial charge in [-0.15, -0.1) is 0 Å². The molecule has 106 valence electrons. The normalized spacial score (nSPS) is 9.81. The number of carbonyl (C=O) groups excluding carboxylic acids is 1. The standard InChI is InChI=1S/C13H9BrFN5O/c14-8-4-9(12(20-17)18-6-8)13(21)19-11-2-1-7(5-16)3-10(11)15/h1-4,6H,17H2,(H,18,20)(H,19,21). The van der Waals surface area contributed by atoms with Gasteiger partial charge in [-0.25, -0.2) is 15.2 Å². The van der Waals surface area contributed by atoms with E-state index in [-0.39, 0.29) is 22.6 Å². The molecule has 0 spiro atoms. The van der Waals surface area contributed by atoms with E-state index in [2.05, 4.69) is 31.7 Å². The Morgan fingerprint density at radius 3 is 2.81 bits per heavy atom. The molecule has 1 heterocycles. The summed E-state index contributed by atoms with van der Waals surface area (Å²) in [5.74, 6) is 4.15. The quantitative estimate of drug-likeness (QED) is 0.583. The number of benzene rings is 1. The largest absolute Gasteiger partial charge is 0.319 e. The Labute approximate surface area is 127 Å². The Balaban J connectivity index is 2.30. The van der Waals surface area contributed by atoms with Crippen LogP contribution in [0.2, 0.25) is 0 Å². The number of nitrogens with two attached hydrogens (primary N) is 1. The van der Waals surface area contributed by atoms with Crippen LogP contribution in [0, 0.1) is 17.1 Å². The fraction of sp³-hybridized carbons (Fsp3) is 0. The van der Waals surface area contributed by atoms with E-state index in [4.69, 9.17) is 11.1 Å². The first-order valence-electron chi connectivity index (χ1n) is 5.68. The number of aromatic nitrogens is 1. The van der Waals surface area contributed by atoms with Crippen LogP contribution in [0.4, 0.5) is 15.9 Å². The highest BCUT2D eigenvalue weighted by Crippen LogP contribution is 2.21. The molecule has 0 aliphatic rings. The third-order valence-corrected chi connectivity index (χ3v) is 3.02. The molecule has 0 bridgehead atoms. The molecule has 2 aromatic rings. The summed E-state index contributed by atoms with van der Waals surface area (Å²) < 4.78 is 14.3. The highest BCUT2D eigenvalue weighted by Gasteiger charge is 2.15. The molecule has 0 aliphatic carbocycles. The van der Waals surface area contributed by atoms with Crippen molar-refractivity contribution in [2.24, 2.45) is 5.84 Å². The first kappa shape index (κ1) is 14.9. The minimum Gasteiger partial charge on any atom is -0.319 e. The predicted octanol–water partition coefficient (Wildman–Crippen LogP) is 2.39. The maximum Gasteiger partial charge on any atom is 0.259 e. The summed E-state index contributed by atoms with van der Waals surface area (Å²) in [6.07, 6.45) is 1.47. The van der Waals surface area contributed by atoms with Crippen LogP contribution in [0.15, 0.2) is 34.9 Å². The molecule has 1 aromatic heterocycles. The number of hydrogen-bond acceptors (Lipinski definition) is 5. The maximum atomic E-state index is 13.7. The molecule has 0 fully saturated rings. The molecule has 0 saturated carbocycles. The van der Waals surface area contributed by atoms with Gasteiger partial charge in [0.05, 0.1) is 22.9 Å². The Kier molecular flexibility index (Phi) is 4.47. The van der Waals surface area contributed by atoms with Crippen molar-refractivity contribution in [3.63, 3.8) is 0 Å². The predicted molar refractivity (Wildman–Crippen MR) is 78.8 cm³/mol. The Morgan fingerprint density at radius 1 is 1.43 bits per heavy atom. The number of rotatable bonds is 3. The first-order chi connectivity index (χ1) is 10.0. The summed E-state index contributed by atoms with van der Waals surface area (Å²) in [6, 6.07) is 7.06. The Bertz CT molecular complexity index is 744. The zero-order valence-corrected chi connectivity index (χ0v) is 12.1. The fourth-order valence-electron chi connectivity index (χ4n) is 1.60. The highest BCUT2D eigenvalue weighted by molar-refractivity contribution is 9.10. The molecule has 0 atom stereocenters. The van der Waals surface area contributed by atoms with Crippen LogP contribution in [0.3, 0.4) is 0 Å². The molecule has 0 aliphatic heterocycles. The van der Waals surface area contributed by atoms with E-state index in [0.29, 0.717) is 4.47 Å². The second-order valence-electron chi connectivity index (χ2n) is 3.95. The van der Waals surface area contributed by atoms with Gasteiger partial charge in [0.2, 0.25) is 0 Å². The van der Waals surface area contributed by atoms with Gasteiger partial charge in [0.25, 0.3) is 5.91 Å². The second-order valence-corrected chi connectivity index (χ2v) is 4.87. The van der Waals surface area contributed by atoms with E-state index in [1.165, 1.54) is 24.4 Å². The van der Waals surface area contributed by atoms with E-state index in [0.717, 1.165) is 6.07 Å². The van der Waals surface area contributed by atoms with E-state index in [1.807, 2.05) is 6.07 Å². The van der Waals surface area contributed by atoms with Gasteiger partial charge in [-0.05, 0) is 40.2 Å². The van der Waals surface area contributed by atoms with Crippen molar-refractivity contribution < 1.29 is 9.18 Å². The average molecular weight is 350 g/mol. The zero-order valence-electron chi connectivity index (χ0n) is 10.5. The van der Waals surface area contributed by atoms with Crippen LogP contribution in [-0.4, -0.2) is 10.9 Å². The van der Waals surface area contributed by atoms with Crippen molar-refractivity contribution in [2.75, 3.05) is 10.7 Å². The van der Waals surface area contributed by atoms with Crippen LogP contribution in [0.1, 0.15) is 15.9 Å². The van der Waals surface area contributed by atoms with Crippen LogP contribution < -0.4 is 16.6 Å². The number of nitrogens with zero attached hydrogens (tertiary/aromatic N) is 2. The summed E-state index contributed by atoms with van der Waals surface area (Å²) in [6.45, 7) is 0. The molecular formula is C13H9BrFN5O. The smallest absolute Gasteiger partial charge is 0.259 e. The Morgan fingerprint density at radius 2 is 2.19 bits per heavy atom. The molecule has 8 heteroatoms. The first-order valence-corrected chi connectivity index (χ1v) is 6.47. The average Bonchev–Trinajstić information content (AvgIpc) is 2.49. The number of carbonyl (C=O) groups is 1. The number of nitrogens with one attached hydrogen (secondary N) is 2. The van der Waals surface area contributed by atoms with Crippen LogP contribution in [-0.2, 0) is 0 Å². The minimum atomic E-state index is -0.701. The zero-order chi connectivity index (χ0) is 15.4. The van der Waals surface area contributed by atoms with Crippen molar-refractivity contribution in [3.8, 4) is 6.07 Å². The minimum absolute atomic E-state index is 0.0399. The van der Waals surface area contributed by atoms with Crippen molar-refractivity contribution >= 4 is 33.3 Å². The van der Waals surface area contributed by atoms with Crippen molar-refractivity contribution in [3.05, 3.63) is 51.9 Å². The van der Waals surface area contributed by atoms with E-state index >= 15 is 0 Å². The number of anilines is 2. The van der Waals surface area contributed by atoms with Crippen molar-refractivity contribution in [2.45, 2.75) is 0 Å². The van der Waals surface area contributed by atoms with Crippen LogP contribution >= 0.6 is 15.9 Å². The summed E-state index contributed by atoms with van der Waals surface area (Å²) in [5, 5.41) is 11.1. The number of hydrogen-bond donors (Lipinski definition) is 3. The lowest BCUT2D eigenvalue weighted by Crippen LogP contribution is -2.19. The molecule has 4 N–H and O–H groups in total. The molecule has 1 aromatic carbocycles. The number of halogens is 2. The van der Waals surface area contributed by atoms with Crippen LogP contribution in [0.25, 0.3) is 0 Å². The van der Waals surface area contributed by atoms with Gasteiger partial charge in [-0.1, -0.05) is 0 Å². The van der Waals surface area contributed by atoms with Gasteiger partial charge in [-0.3, -0.25) is 4.79 Å². The topological polar surface area (TPSA) is 104 Å². The molecule has 6 nitrogen and oxygen atoms in total. The van der Waals surface area contributed by atoms with Crippen molar-refractivity contribution in [1.82, 2.24) is 4.98 Å². The number of nitriles is 1. The fourth-order valence-corrected chi connectivity index (χ4v) is 1.93. The van der Waals surface area contributed by atoms with Gasteiger partial charge in [0.15, 0.2) is 5.82 Å². The monoisotopic (exact) mass is 349 g/mol. The van der Waals surface area contributed by atoms with E-state index < -0.39 is 11.7 Å². The second kappa shape index (κ2) is 6.30. The SMILES string of the molecule is N#Cc1ccc(NC(=O)c2cc(Br)cnc2NN)c(F)c1. The lowest BCUT2D eigenvalue weighted by Gasteiger charge is -2.10. The number of amides is 1. The maximum absolute atomic E-state index is 13.7. The van der Waals surface area contributed by atoms with Crippen LogP contribution in [0.5, 0.6) is 0 Å². The number of pyridine rings is 1. The molecule has 1 amide bonds. The van der Waals surface area contributed by atoms with E-state index in [1.54, 1.807) is 0 Å². The third-order valence-electron chi connectivity index (χ3n) is 2.58. The van der Waals surface area contributed by atoms with E-state index in [9.17, 15) is 9.18 Å². The molecule has 0 unspecified atom stereocenters. The lowest BCUT2D eigenvalue weighted by atomic mass is 10.2.